The molecule has 1 heterocycles. The van der Waals surface area contributed by atoms with Gasteiger partial charge in [0.2, 0.25) is 0 Å². The third kappa shape index (κ3) is 4.42. The molecule has 0 nitrogen and oxygen atoms in total. The van der Waals surface area contributed by atoms with Crippen LogP contribution in [0.1, 0.15) is 22.3 Å². The highest BCUT2D eigenvalue weighted by molar-refractivity contribution is 7.25. The maximum Gasteiger partial charge on any atom is 0.0726 e. The van der Waals surface area contributed by atoms with Gasteiger partial charge in [-0.3, -0.25) is 0 Å². The molecule has 294 valence electrons. The Morgan fingerprint density at radius 3 is 1.38 bits per heavy atom. The van der Waals surface area contributed by atoms with E-state index in [1.807, 2.05) is 11.3 Å². The molecule has 1 aromatic heterocycles. The van der Waals surface area contributed by atoms with E-state index >= 15 is 0 Å². The molecular formula is C63H36S. The standard InChI is InChI=1S/C63H36S/c1-3-17-39-34-56-53(32-38(39)16-1)62-45-22-6-5-19-42(45)52(36-57(62)63(56)54-27-13-11-20-43(54)44-21-12-14-28-55(44)63)61-48-25-9-7-23-46(48)60(47-24-8-10-26-49(47)61)41-29-30-58-50(33-41)51-31-37-15-2-4-18-40(37)35-59(51)64-58/h1-36H. The third-order valence-electron chi connectivity index (χ3n) is 14.8. The van der Waals surface area contributed by atoms with Crippen molar-refractivity contribution in [2.75, 3.05) is 0 Å². The van der Waals surface area contributed by atoms with E-state index in [1.165, 1.54) is 141 Å². The molecule has 0 radical (unpaired) electrons. The molecule has 64 heavy (non-hydrogen) atoms. The number of fused-ring (bicyclic) bond motifs is 19. The molecule has 12 aromatic carbocycles. The average Bonchev–Trinajstić information content (AvgIpc) is 3.96. The van der Waals surface area contributed by atoms with Crippen LogP contribution in [-0.4, -0.2) is 0 Å². The average molecular weight is 825 g/mol. The molecule has 0 aliphatic heterocycles. The molecule has 2 aliphatic rings. The van der Waals surface area contributed by atoms with Gasteiger partial charge in [-0.2, -0.15) is 0 Å². The molecule has 13 aromatic rings. The predicted octanol–water partition coefficient (Wildman–Crippen LogP) is 17.5. The molecule has 1 spiro atoms. The first-order chi connectivity index (χ1) is 31.7. The summed E-state index contributed by atoms with van der Waals surface area (Å²) < 4.78 is 2.65. The number of hydrogen-bond acceptors (Lipinski definition) is 1. The Bertz CT molecular complexity index is 4100. The lowest BCUT2D eigenvalue weighted by Crippen LogP contribution is -2.26. The lowest BCUT2D eigenvalue weighted by Gasteiger charge is -2.31. The summed E-state index contributed by atoms with van der Waals surface area (Å²) in [6, 6.07) is 83.1. The van der Waals surface area contributed by atoms with Crippen LogP contribution in [-0.2, 0) is 5.41 Å². The zero-order valence-corrected chi connectivity index (χ0v) is 35.5. The van der Waals surface area contributed by atoms with Crippen molar-refractivity contribution in [2.45, 2.75) is 5.41 Å². The van der Waals surface area contributed by atoms with E-state index < -0.39 is 5.41 Å². The fraction of sp³-hybridized carbons (Fsp3) is 0.0159. The predicted molar refractivity (Wildman–Crippen MR) is 274 cm³/mol. The monoisotopic (exact) mass is 824 g/mol. The first-order valence-corrected chi connectivity index (χ1v) is 23.1. The van der Waals surface area contributed by atoms with Gasteiger partial charge in [0.25, 0.3) is 0 Å². The number of thiophene rings is 1. The second kappa shape index (κ2) is 12.6. The maximum atomic E-state index is 2.61. The molecule has 0 saturated carbocycles. The topological polar surface area (TPSA) is 0 Å². The first-order valence-electron chi connectivity index (χ1n) is 22.3. The fourth-order valence-corrected chi connectivity index (χ4v) is 13.3. The summed E-state index contributed by atoms with van der Waals surface area (Å²) in [4.78, 5) is 0. The van der Waals surface area contributed by atoms with E-state index in [2.05, 4.69) is 218 Å². The first kappa shape index (κ1) is 34.7. The highest BCUT2D eigenvalue weighted by Gasteiger charge is 2.52. The van der Waals surface area contributed by atoms with E-state index in [9.17, 15) is 0 Å². The van der Waals surface area contributed by atoms with Crippen LogP contribution in [0.3, 0.4) is 0 Å². The van der Waals surface area contributed by atoms with Crippen LogP contribution in [0.4, 0.5) is 0 Å². The second-order valence-corrected chi connectivity index (χ2v) is 18.9. The van der Waals surface area contributed by atoms with Crippen molar-refractivity contribution in [3.05, 3.63) is 241 Å². The summed E-state index contributed by atoms with van der Waals surface area (Å²) in [6.45, 7) is 0. The van der Waals surface area contributed by atoms with Crippen molar-refractivity contribution >= 4 is 85.4 Å². The maximum absolute atomic E-state index is 2.61. The van der Waals surface area contributed by atoms with Crippen LogP contribution in [0.5, 0.6) is 0 Å². The summed E-state index contributed by atoms with van der Waals surface area (Å²) in [6.07, 6.45) is 0. The Balaban J connectivity index is 1.07. The van der Waals surface area contributed by atoms with Crippen molar-refractivity contribution in [3.8, 4) is 44.5 Å². The lowest BCUT2D eigenvalue weighted by molar-refractivity contribution is 0.796. The number of benzene rings is 12. The Morgan fingerprint density at radius 1 is 0.250 bits per heavy atom. The van der Waals surface area contributed by atoms with Gasteiger partial charge in [-0.1, -0.05) is 176 Å². The minimum atomic E-state index is -0.490. The van der Waals surface area contributed by atoms with Crippen LogP contribution >= 0.6 is 11.3 Å². The van der Waals surface area contributed by atoms with Crippen molar-refractivity contribution in [1.82, 2.24) is 0 Å². The molecule has 0 unspecified atom stereocenters. The minimum Gasteiger partial charge on any atom is -0.135 e. The third-order valence-corrected chi connectivity index (χ3v) is 15.9. The smallest absolute Gasteiger partial charge is 0.0726 e. The van der Waals surface area contributed by atoms with Crippen molar-refractivity contribution < 1.29 is 0 Å². The molecule has 0 N–H and O–H groups in total. The molecule has 15 rings (SSSR count). The zero-order valence-electron chi connectivity index (χ0n) is 34.7. The number of hydrogen-bond donors (Lipinski definition) is 0. The van der Waals surface area contributed by atoms with Gasteiger partial charge in [-0.15, -0.1) is 11.3 Å². The van der Waals surface area contributed by atoms with Crippen LogP contribution in [0.25, 0.3) is 119 Å². The Kier molecular flexibility index (Phi) is 6.85. The Hall–Kier alpha value is -7.84. The molecule has 2 aliphatic carbocycles. The molecule has 0 amide bonds. The van der Waals surface area contributed by atoms with Gasteiger partial charge in [0.05, 0.1) is 5.41 Å². The molecule has 0 fully saturated rings. The van der Waals surface area contributed by atoms with E-state index in [4.69, 9.17) is 0 Å². The van der Waals surface area contributed by atoms with E-state index in [0.29, 0.717) is 0 Å². The Labute approximate surface area is 373 Å². The van der Waals surface area contributed by atoms with Crippen LogP contribution in [0.2, 0.25) is 0 Å². The van der Waals surface area contributed by atoms with E-state index in [0.717, 1.165) is 0 Å². The van der Waals surface area contributed by atoms with Gasteiger partial charge in [0.15, 0.2) is 0 Å². The van der Waals surface area contributed by atoms with Crippen LogP contribution in [0.15, 0.2) is 218 Å². The van der Waals surface area contributed by atoms with Gasteiger partial charge in [-0.25, -0.2) is 0 Å². The summed E-state index contributed by atoms with van der Waals surface area (Å²) in [7, 11) is 0. The van der Waals surface area contributed by atoms with Gasteiger partial charge < -0.3 is 0 Å². The fourth-order valence-electron chi connectivity index (χ4n) is 12.2. The van der Waals surface area contributed by atoms with E-state index in [-0.39, 0.29) is 0 Å². The largest absolute Gasteiger partial charge is 0.135 e. The quantitative estimate of drug-likeness (QED) is 0.152. The molecular weight excluding hydrogens is 789 g/mol. The van der Waals surface area contributed by atoms with Crippen molar-refractivity contribution in [2.24, 2.45) is 0 Å². The van der Waals surface area contributed by atoms with Crippen LogP contribution < -0.4 is 0 Å². The van der Waals surface area contributed by atoms with Gasteiger partial charge in [-0.05, 0) is 163 Å². The summed E-state index contributed by atoms with van der Waals surface area (Å²) in [5, 5.41) is 15.4. The van der Waals surface area contributed by atoms with Crippen molar-refractivity contribution in [1.29, 1.82) is 0 Å². The van der Waals surface area contributed by atoms with Gasteiger partial charge in [0.1, 0.15) is 0 Å². The summed E-state index contributed by atoms with van der Waals surface area (Å²) in [5.41, 5.74) is 15.4. The van der Waals surface area contributed by atoms with Crippen LogP contribution in [0, 0.1) is 0 Å². The molecule has 0 atom stereocenters. The summed E-state index contributed by atoms with van der Waals surface area (Å²) in [5.74, 6) is 0. The lowest BCUT2D eigenvalue weighted by atomic mass is 9.69. The van der Waals surface area contributed by atoms with E-state index in [1.54, 1.807) is 0 Å². The molecule has 1 heteroatoms. The summed E-state index contributed by atoms with van der Waals surface area (Å²) >= 11 is 1.89. The zero-order chi connectivity index (χ0) is 41.7. The van der Waals surface area contributed by atoms with Gasteiger partial charge in [0, 0.05) is 20.2 Å². The molecule has 0 saturated heterocycles. The normalized spacial score (nSPS) is 13.4. The highest BCUT2D eigenvalue weighted by atomic mass is 32.1. The Morgan fingerprint density at radius 2 is 0.734 bits per heavy atom. The second-order valence-electron chi connectivity index (χ2n) is 17.8. The highest BCUT2D eigenvalue weighted by Crippen LogP contribution is 2.65. The molecule has 0 bridgehead atoms. The number of rotatable bonds is 2. The minimum absolute atomic E-state index is 0.490. The van der Waals surface area contributed by atoms with Gasteiger partial charge >= 0.3 is 0 Å². The van der Waals surface area contributed by atoms with Crippen molar-refractivity contribution in [3.63, 3.8) is 0 Å². The SMILES string of the molecule is c1ccc2c(c1)-c1ccccc1C21c2cc3ccccc3cc2-c2c1cc(-c1c3ccccc3c(-c3ccc4sc5cc6ccccc6cc5c4c3)c3ccccc13)c1ccccc21.